The van der Waals surface area contributed by atoms with E-state index in [9.17, 15) is 4.39 Å². The van der Waals surface area contributed by atoms with Gasteiger partial charge in [0.05, 0.1) is 11.1 Å². The predicted octanol–water partition coefficient (Wildman–Crippen LogP) is 4.03. The van der Waals surface area contributed by atoms with Gasteiger partial charge in [-0.25, -0.2) is 4.39 Å². The van der Waals surface area contributed by atoms with Crippen LogP contribution in [0.5, 0.6) is 5.75 Å². The molecule has 1 unspecified atom stereocenters. The lowest BCUT2D eigenvalue weighted by Gasteiger charge is -2.15. The second-order valence-electron chi connectivity index (χ2n) is 4.40. The average molecular weight is 274 g/mol. The molecule has 0 saturated carbocycles. The molecule has 2 nitrogen and oxygen atoms in total. The van der Waals surface area contributed by atoms with Gasteiger partial charge in [0.2, 0.25) is 0 Å². The number of hydrogen-bond donors (Lipinski definition) is 1. The fraction of sp³-hybridized carbons (Fsp3) is 0.571. The van der Waals surface area contributed by atoms with E-state index in [1.54, 1.807) is 6.07 Å². The Hall–Kier alpha value is -0.800. The topological polar surface area (TPSA) is 21.3 Å². The third kappa shape index (κ3) is 5.69. The van der Waals surface area contributed by atoms with Crippen LogP contribution < -0.4 is 10.1 Å². The highest BCUT2D eigenvalue weighted by Gasteiger charge is 2.06. The van der Waals surface area contributed by atoms with Gasteiger partial charge in [-0.1, -0.05) is 18.5 Å². The number of nitrogens with one attached hydrogen (secondary N) is 1. The number of hydrogen-bond acceptors (Lipinski definition) is 2. The van der Waals surface area contributed by atoms with E-state index in [1.165, 1.54) is 12.1 Å². The molecule has 0 radical (unpaired) electrons. The second-order valence-corrected chi connectivity index (χ2v) is 4.80. The molecule has 1 aromatic rings. The summed E-state index contributed by atoms with van der Waals surface area (Å²) in [6, 6.07) is 4.45. The van der Waals surface area contributed by atoms with Crippen molar-refractivity contribution >= 4 is 11.6 Å². The number of halogens is 2. The number of rotatable bonds is 8. The fourth-order valence-electron chi connectivity index (χ4n) is 1.66. The van der Waals surface area contributed by atoms with Crippen LogP contribution in [0.1, 0.15) is 33.1 Å². The molecular weight excluding hydrogens is 253 g/mol. The SMILES string of the molecule is CCCNCCCC(C)Oc1ccc(F)c(Cl)c1. The van der Waals surface area contributed by atoms with Crippen LogP contribution in [-0.2, 0) is 0 Å². The van der Waals surface area contributed by atoms with E-state index in [1.807, 2.05) is 6.92 Å². The summed E-state index contributed by atoms with van der Waals surface area (Å²) in [5.74, 6) is 0.204. The Kier molecular flexibility index (Phi) is 7.06. The van der Waals surface area contributed by atoms with E-state index in [0.29, 0.717) is 5.75 Å². The Bertz CT molecular complexity index is 360. The van der Waals surface area contributed by atoms with Gasteiger partial charge < -0.3 is 10.1 Å². The Morgan fingerprint density at radius 1 is 1.39 bits per heavy atom. The van der Waals surface area contributed by atoms with Crippen molar-refractivity contribution in [3.63, 3.8) is 0 Å². The molecule has 1 rings (SSSR count). The zero-order chi connectivity index (χ0) is 13.4. The molecule has 0 aromatic heterocycles. The van der Waals surface area contributed by atoms with E-state index in [2.05, 4.69) is 12.2 Å². The minimum atomic E-state index is -0.416. The Balaban J connectivity index is 2.26. The lowest BCUT2D eigenvalue weighted by molar-refractivity contribution is 0.207. The maximum atomic E-state index is 13.0. The van der Waals surface area contributed by atoms with Crippen LogP contribution in [0.2, 0.25) is 5.02 Å². The van der Waals surface area contributed by atoms with E-state index in [0.717, 1.165) is 32.4 Å². The van der Waals surface area contributed by atoms with Crippen molar-refractivity contribution in [2.45, 2.75) is 39.2 Å². The van der Waals surface area contributed by atoms with E-state index < -0.39 is 5.82 Å². The van der Waals surface area contributed by atoms with Gasteiger partial charge in [-0.3, -0.25) is 0 Å². The highest BCUT2D eigenvalue weighted by atomic mass is 35.5. The van der Waals surface area contributed by atoms with Gasteiger partial charge in [-0.2, -0.15) is 0 Å². The predicted molar refractivity (Wildman–Crippen MR) is 73.9 cm³/mol. The molecule has 1 atom stereocenters. The standard InChI is InChI=1S/C14H21ClFNO/c1-3-8-17-9-4-5-11(2)18-12-6-7-14(16)13(15)10-12/h6-7,10-11,17H,3-5,8-9H2,1-2H3. The average Bonchev–Trinajstić information content (AvgIpc) is 2.34. The highest BCUT2D eigenvalue weighted by Crippen LogP contribution is 2.22. The molecule has 0 bridgehead atoms. The van der Waals surface area contributed by atoms with Gasteiger partial charge in [-0.05, 0) is 51.4 Å². The molecular formula is C14H21ClFNO. The number of ether oxygens (including phenoxy) is 1. The van der Waals surface area contributed by atoms with Crippen LogP contribution in [0.4, 0.5) is 4.39 Å². The van der Waals surface area contributed by atoms with Gasteiger partial charge in [0.25, 0.3) is 0 Å². The van der Waals surface area contributed by atoms with Crippen LogP contribution in [0.15, 0.2) is 18.2 Å². The third-order valence-electron chi connectivity index (χ3n) is 2.62. The first-order valence-electron chi connectivity index (χ1n) is 6.46. The van der Waals surface area contributed by atoms with Crippen molar-refractivity contribution in [2.75, 3.05) is 13.1 Å². The zero-order valence-corrected chi connectivity index (χ0v) is 11.8. The Morgan fingerprint density at radius 3 is 2.83 bits per heavy atom. The third-order valence-corrected chi connectivity index (χ3v) is 2.91. The van der Waals surface area contributed by atoms with E-state index >= 15 is 0 Å². The van der Waals surface area contributed by atoms with Crippen molar-refractivity contribution in [3.8, 4) is 5.75 Å². The molecule has 102 valence electrons. The minimum absolute atomic E-state index is 0.101. The van der Waals surface area contributed by atoms with Gasteiger partial charge in [0.15, 0.2) is 0 Å². The summed E-state index contributed by atoms with van der Waals surface area (Å²) in [5.41, 5.74) is 0. The summed E-state index contributed by atoms with van der Waals surface area (Å²) < 4.78 is 18.6. The first-order chi connectivity index (χ1) is 8.63. The smallest absolute Gasteiger partial charge is 0.142 e. The van der Waals surface area contributed by atoms with Crippen molar-refractivity contribution in [1.82, 2.24) is 5.32 Å². The molecule has 0 saturated heterocycles. The molecule has 0 fully saturated rings. The van der Waals surface area contributed by atoms with Crippen molar-refractivity contribution < 1.29 is 9.13 Å². The van der Waals surface area contributed by atoms with Crippen LogP contribution >= 0.6 is 11.6 Å². The molecule has 0 heterocycles. The van der Waals surface area contributed by atoms with Crippen LogP contribution in [0.25, 0.3) is 0 Å². The summed E-state index contributed by atoms with van der Waals surface area (Å²) in [6.45, 7) is 6.22. The molecule has 0 aliphatic rings. The van der Waals surface area contributed by atoms with Crippen LogP contribution in [0, 0.1) is 5.82 Å². The molecule has 0 aliphatic carbocycles. The lowest BCUT2D eigenvalue weighted by Crippen LogP contribution is -2.19. The molecule has 0 aliphatic heterocycles. The van der Waals surface area contributed by atoms with Crippen LogP contribution in [0.3, 0.4) is 0 Å². The summed E-state index contributed by atoms with van der Waals surface area (Å²) in [7, 11) is 0. The maximum Gasteiger partial charge on any atom is 0.142 e. The number of benzene rings is 1. The van der Waals surface area contributed by atoms with Gasteiger partial charge >= 0.3 is 0 Å². The van der Waals surface area contributed by atoms with Gasteiger partial charge in [0, 0.05) is 6.07 Å². The van der Waals surface area contributed by atoms with Crippen molar-refractivity contribution in [1.29, 1.82) is 0 Å². The fourth-order valence-corrected chi connectivity index (χ4v) is 1.83. The first kappa shape index (κ1) is 15.3. The molecule has 1 aromatic carbocycles. The maximum absolute atomic E-state index is 13.0. The second kappa shape index (κ2) is 8.33. The molecule has 0 amide bonds. The zero-order valence-electron chi connectivity index (χ0n) is 11.0. The largest absolute Gasteiger partial charge is 0.491 e. The van der Waals surface area contributed by atoms with Crippen LogP contribution in [-0.4, -0.2) is 19.2 Å². The summed E-state index contributed by atoms with van der Waals surface area (Å²) in [5, 5.41) is 3.45. The molecule has 18 heavy (non-hydrogen) atoms. The molecule has 4 heteroatoms. The lowest BCUT2D eigenvalue weighted by atomic mass is 10.2. The normalized spacial score (nSPS) is 12.4. The highest BCUT2D eigenvalue weighted by molar-refractivity contribution is 6.30. The van der Waals surface area contributed by atoms with E-state index in [4.69, 9.17) is 16.3 Å². The quantitative estimate of drug-likeness (QED) is 0.722. The molecule has 1 N–H and O–H groups in total. The Labute approximate surface area is 113 Å². The van der Waals surface area contributed by atoms with Gasteiger partial charge in [-0.15, -0.1) is 0 Å². The van der Waals surface area contributed by atoms with E-state index in [-0.39, 0.29) is 11.1 Å². The Morgan fingerprint density at radius 2 is 2.17 bits per heavy atom. The molecule has 0 spiro atoms. The summed E-state index contributed by atoms with van der Waals surface area (Å²) in [6.07, 6.45) is 3.29. The monoisotopic (exact) mass is 273 g/mol. The first-order valence-corrected chi connectivity index (χ1v) is 6.83. The summed E-state index contributed by atoms with van der Waals surface area (Å²) >= 11 is 5.69. The van der Waals surface area contributed by atoms with Gasteiger partial charge in [0.1, 0.15) is 11.6 Å². The summed E-state index contributed by atoms with van der Waals surface area (Å²) in [4.78, 5) is 0. The van der Waals surface area contributed by atoms with Crippen molar-refractivity contribution in [2.24, 2.45) is 0 Å². The minimum Gasteiger partial charge on any atom is -0.491 e. The van der Waals surface area contributed by atoms with Crippen molar-refractivity contribution in [3.05, 3.63) is 29.0 Å².